The van der Waals surface area contributed by atoms with Gasteiger partial charge in [-0.2, -0.15) is 0 Å². The second kappa shape index (κ2) is 9.54. The lowest BCUT2D eigenvalue weighted by molar-refractivity contribution is 0.0996. The molecule has 0 bridgehead atoms. The number of primary amides is 1. The zero-order valence-corrected chi connectivity index (χ0v) is 19.8. The Morgan fingerprint density at radius 1 is 1.11 bits per heavy atom. The summed E-state index contributed by atoms with van der Waals surface area (Å²) < 4.78 is 51.9. The van der Waals surface area contributed by atoms with Gasteiger partial charge in [-0.05, 0) is 0 Å². The molecule has 4 N–H and O–H groups in total. The van der Waals surface area contributed by atoms with Crippen molar-refractivity contribution in [2.45, 2.75) is 0 Å². The Bertz CT molecular complexity index is 1520. The lowest BCUT2D eigenvalue weighted by Crippen LogP contribution is -2.37. The SMILES string of the molecule is CNc1nc(Nc2cc(F)c(N3CCOCC3)c(F)c2F)c(C(N)=O)nc1-c1cncc2c1ncn2C. The van der Waals surface area contributed by atoms with Crippen LogP contribution in [0.4, 0.5) is 36.2 Å². The third-order valence-corrected chi connectivity index (χ3v) is 5.97. The first-order chi connectivity index (χ1) is 17.8. The topological polar surface area (TPSA) is 136 Å². The van der Waals surface area contributed by atoms with Crippen LogP contribution in [-0.2, 0) is 11.8 Å². The summed E-state index contributed by atoms with van der Waals surface area (Å²) in [5, 5.41) is 5.34. The molecule has 0 unspecified atom stereocenters. The molecule has 3 aromatic heterocycles. The predicted molar refractivity (Wildman–Crippen MR) is 130 cm³/mol. The lowest BCUT2D eigenvalue weighted by atomic mass is 10.1. The van der Waals surface area contributed by atoms with Crippen molar-refractivity contribution in [1.82, 2.24) is 24.5 Å². The summed E-state index contributed by atoms with van der Waals surface area (Å²) in [5.74, 6) is -4.84. The summed E-state index contributed by atoms with van der Waals surface area (Å²) in [4.78, 5) is 30.9. The number of rotatable bonds is 6. The second-order valence-corrected chi connectivity index (χ2v) is 8.25. The van der Waals surface area contributed by atoms with Crippen LogP contribution in [0.3, 0.4) is 0 Å². The van der Waals surface area contributed by atoms with Crippen molar-refractivity contribution in [2.75, 3.05) is 48.9 Å². The van der Waals surface area contributed by atoms with Crippen LogP contribution in [0.25, 0.3) is 22.3 Å². The van der Waals surface area contributed by atoms with E-state index in [1.165, 1.54) is 11.1 Å². The molecule has 1 aliphatic rings. The summed E-state index contributed by atoms with van der Waals surface area (Å²) in [5.41, 5.74) is 6.03. The van der Waals surface area contributed by atoms with Crippen molar-refractivity contribution in [3.8, 4) is 11.3 Å². The summed E-state index contributed by atoms with van der Waals surface area (Å²) in [6.07, 6.45) is 4.72. The molecule has 192 valence electrons. The van der Waals surface area contributed by atoms with Crippen molar-refractivity contribution in [1.29, 1.82) is 0 Å². The maximum atomic E-state index is 15.1. The Kier molecular flexibility index (Phi) is 6.25. The highest BCUT2D eigenvalue weighted by molar-refractivity contribution is 5.99. The number of carbonyl (C=O) groups excluding carboxylic acids is 1. The average molecular weight is 513 g/mol. The molecule has 0 aliphatic carbocycles. The Balaban J connectivity index is 1.60. The number of aryl methyl sites for hydroxylation is 1. The number of nitrogens with two attached hydrogens (primary N) is 1. The Morgan fingerprint density at radius 3 is 2.57 bits per heavy atom. The maximum Gasteiger partial charge on any atom is 0.271 e. The van der Waals surface area contributed by atoms with Gasteiger partial charge in [0.25, 0.3) is 5.91 Å². The molecule has 5 rings (SSSR count). The van der Waals surface area contributed by atoms with Gasteiger partial charge in [0.05, 0.1) is 42.5 Å². The van der Waals surface area contributed by atoms with E-state index in [1.54, 1.807) is 31.2 Å². The summed E-state index contributed by atoms with van der Waals surface area (Å²) in [6.45, 7) is 0.947. The van der Waals surface area contributed by atoms with Gasteiger partial charge in [0.15, 0.2) is 34.8 Å². The van der Waals surface area contributed by atoms with Crippen LogP contribution in [-0.4, -0.2) is 63.8 Å². The number of halogens is 3. The van der Waals surface area contributed by atoms with E-state index in [0.29, 0.717) is 16.6 Å². The number of amides is 1. The minimum atomic E-state index is -1.38. The molecule has 1 aliphatic heterocycles. The Hall–Kier alpha value is -4.46. The standard InChI is InChI=1S/C23H22F3N9O2/c1-28-22-18(11-8-29-9-14-17(11)30-10-34(14)2)32-19(21(27)36)23(33-22)31-13-7-12(24)20(16(26)15(13)25)35-3-5-37-6-4-35/h7-10H,3-6H2,1-2H3,(H2,27,36)(H2,28,31,33). The molecule has 0 spiro atoms. The number of imidazole rings is 1. The number of anilines is 4. The molecule has 1 fully saturated rings. The highest BCUT2D eigenvalue weighted by atomic mass is 19.2. The van der Waals surface area contributed by atoms with E-state index >= 15 is 4.39 Å². The van der Waals surface area contributed by atoms with Crippen molar-refractivity contribution in [2.24, 2.45) is 12.8 Å². The maximum absolute atomic E-state index is 15.1. The van der Waals surface area contributed by atoms with E-state index in [0.717, 1.165) is 6.07 Å². The molecule has 1 saturated heterocycles. The van der Waals surface area contributed by atoms with Gasteiger partial charge in [0.1, 0.15) is 16.9 Å². The zero-order chi connectivity index (χ0) is 26.3. The van der Waals surface area contributed by atoms with E-state index in [9.17, 15) is 13.6 Å². The lowest BCUT2D eigenvalue weighted by Gasteiger charge is -2.29. The van der Waals surface area contributed by atoms with Crippen molar-refractivity contribution in [3.63, 3.8) is 0 Å². The number of pyridine rings is 1. The first kappa shape index (κ1) is 24.2. The molecule has 0 saturated carbocycles. The van der Waals surface area contributed by atoms with E-state index in [2.05, 4.69) is 30.6 Å². The van der Waals surface area contributed by atoms with Crippen molar-refractivity contribution in [3.05, 3.63) is 47.9 Å². The number of aromatic nitrogens is 5. The molecular formula is C23H22F3N9O2. The zero-order valence-electron chi connectivity index (χ0n) is 19.8. The molecule has 4 aromatic rings. The number of nitrogens with one attached hydrogen (secondary N) is 2. The summed E-state index contributed by atoms with van der Waals surface area (Å²) >= 11 is 0. The van der Waals surface area contributed by atoms with Crippen molar-refractivity contribution >= 4 is 40.0 Å². The quantitative estimate of drug-likeness (QED) is 0.332. The number of hydrogen-bond donors (Lipinski definition) is 3. The molecule has 0 atom stereocenters. The van der Waals surface area contributed by atoms with Gasteiger partial charge in [0.2, 0.25) is 0 Å². The number of benzene rings is 1. The van der Waals surface area contributed by atoms with Crippen LogP contribution in [0, 0.1) is 17.5 Å². The Morgan fingerprint density at radius 2 is 1.86 bits per heavy atom. The smallest absolute Gasteiger partial charge is 0.271 e. The summed E-state index contributed by atoms with van der Waals surface area (Å²) in [6, 6.07) is 0.793. The number of hydrogen-bond acceptors (Lipinski definition) is 9. The van der Waals surface area contributed by atoms with E-state index in [4.69, 9.17) is 10.5 Å². The molecule has 11 nitrogen and oxygen atoms in total. The molecular weight excluding hydrogens is 491 g/mol. The number of ether oxygens (including phenoxy) is 1. The predicted octanol–water partition coefficient (Wildman–Crippen LogP) is 2.56. The van der Waals surface area contributed by atoms with Crippen LogP contribution >= 0.6 is 0 Å². The van der Waals surface area contributed by atoms with E-state index in [-0.39, 0.29) is 49.3 Å². The number of morpholine rings is 1. The molecule has 4 heterocycles. The highest BCUT2D eigenvalue weighted by Gasteiger charge is 2.27. The van der Waals surface area contributed by atoms with Crippen molar-refractivity contribution < 1.29 is 22.7 Å². The van der Waals surface area contributed by atoms with Gasteiger partial charge in [-0.25, -0.2) is 28.1 Å². The third-order valence-electron chi connectivity index (χ3n) is 5.97. The van der Waals surface area contributed by atoms with Gasteiger partial charge in [0, 0.05) is 39.4 Å². The van der Waals surface area contributed by atoms with Gasteiger partial charge in [-0.3, -0.25) is 9.78 Å². The number of carbonyl (C=O) groups is 1. The molecule has 0 radical (unpaired) electrons. The largest absolute Gasteiger partial charge is 0.378 e. The Labute approximate surface area is 208 Å². The van der Waals surface area contributed by atoms with Crippen LogP contribution < -0.4 is 21.3 Å². The number of nitrogens with zero attached hydrogens (tertiary/aromatic N) is 6. The van der Waals surface area contributed by atoms with Gasteiger partial charge in [-0.15, -0.1) is 0 Å². The van der Waals surface area contributed by atoms with Gasteiger partial charge in [-0.1, -0.05) is 0 Å². The number of fused-ring (bicyclic) bond motifs is 1. The third kappa shape index (κ3) is 4.24. The van der Waals surface area contributed by atoms with E-state index < -0.39 is 34.7 Å². The van der Waals surface area contributed by atoms with Crippen LogP contribution in [0.2, 0.25) is 0 Å². The second-order valence-electron chi connectivity index (χ2n) is 8.25. The molecule has 37 heavy (non-hydrogen) atoms. The minimum Gasteiger partial charge on any atom is -0.378 e. The van der Waals surface area contributed by atoms with E-state index in [1.807, 2.05) is 0 Å². The van der Waals surface area contributed by atoms with Crippen LogP contribution in [0.15, 0.2) is 24.8 Å². The highest BCUT2D eigenvalue weighted by Crippen LogP contribution is 2.35. The fourth-order valence-electron chi connectivity index (χ4n) is 4.15. The fraction of sp³-hybridized carbons (Fsp3) is 0.261. The minimum absolute atomic E-state index is 0.166. The molecule has 1 amide bonds. The molecule has 1 aromatic carbocycles. The van der Waals surface area contributed by atoms with Crippen LogP contribution in [0.1, 0.15) is 10.5 Å². The van der Waals surface area contributed by atoms with Crippen LogP contribution in [0.5, 0.6) is 0 Å². The normalized spacial score (nSPS) is 13.7. The first-order valence-corrected chi connectivity index (χ1v) is 11.2. The van der Waals surface area contributed by atoms with Gasteiger partial charge < -0.3 is 30.6 Å². The summed E-state index contributed by atoms with van der Waals surface area (Å²) in [7, 11) is 3.36. The fourth-order valence-corrected chi connectivity index (χ4v) is 4.15. The first-order valence-electron chi connectivity index (χ1n) is 11.2. The van der Waals surface area contributed by atoms with Gasteiger partial charge >= 0.3 is 0 Å². The molecule has 14 heteroatoms. The average Bonchev–Trinajstić information content (AvgIpc) is 3.28. The monoisotopic (exact) mass is 513 g/mol.